The minimum Gasteiger partial charge on any atom is -0.392 e. The molecule has 0 saturated carbocycles. The van der Waals surface area contributed by atoms with E-state index >= 15 is 0 Å². The summed E-state index contributed by atoms with van der Waals surface area (Å²) in [5.41, 5.74) is 2.65. The van der Waals surface area contributed by atoms with Crippen molar-refractivity contribution in [3.05, 3.63) is 35.4 Å². The number of rotatable bonds is 4. The van der Waals surface area contributed by atoms with Crippen LogP contribution in [0, 0.1) is 0 Å². The second-order valence-electron chi connectivity index (χ2n) is 4.49. The van der Waals surface area contributed by atoms with E-state index in [-0.39, 0.29) is 12.0 Å². The largest absolute Gasteiger partial charge is 0.392 e. The molecule has 1 amide bonds. The zero-order valence-electron chi connectivity index (χ0n) is 10.8. The fourth-order valence-electron chi connectivity index (χ4n) is 1.83. The molecule has 1 aromatic rings. The average molecular weight is 246 g/mol. The molecule has 1 atom stereocenters. The van der Waals surface area contributed by atoms with E-state index in [1.54, 1.807) is 0 Å². The van der Waals surface area contributed by atoms with E-state index in [1.165, 1.54) is 0 Å². The van der Waals surface area contributed by atoms with Crippen LogP contribution in [0.4, 0.5) is 0 Å². The molecule has 0 aliphatic carbocycles. The number of hydrogen-bond donors (Lipinski definition) is 1. The summed E-state index contributed by atoms with van der Waals surface area (Å²) in [4.78, 5) is 16.9. The quantitative estimate of drug-likeness (QED) is 0.886. The van der Waals surface area contributed by atoms with Gasteiger partial charge < -0.3 is 10.2 Å². The van der Waals surface area contributed by atoms with Crippen molar-refractivity contribution in [3.8, 4) is 0 Å². The van der Waals surface area contributed by atoms with E-state index in [0.29, 0.717) is 12.1 Å². The van der Waals surface area contributed by atoms with Gasteiger partial charge in [0.25, 0.3) is 5.91 Å². The maximum atomic E-state index is 11.7. The lowest BCUT2D eigenvalue weighted by Gasteiger charge is -2.04. The van der Waals surface area contributed by atoms with Crippen LogP contribution in [-0.2, 0) is 4.84 Å². The first-order valence-corrected chi connectivity index (χ1v) is 6.32. The molecular weight excluding hydrogens is 228 g/mol. The smallest absolute Gasteiger partial charge is 0.251 e. The number of amides is 1. The number of nitrogens with one attached hydrogen (secondary N) is 1. The summed E-state index contributed by atoms with van der Waals surface area (Å²) in [7, 11) is 0. The Labute approximate surface area is 107 Å². The van der Waals surface area contributed by atoms with Crippen LogP contribution in [0.5, 0.6) is 0 Å². The second kappa shape index (κ2) is 5.67. The molecule has 1 aliphatic rings. The third kappa shape index (κ3) is 2.88. The van der Waals surface area contributed by atoms with Crippen molar-refractivity contribution >= 4 is 11.6 Å². The van der Waals surface area contributed by atoms with Crippen LogP contribution in [0.25, 0.3) is 0 Å². The second-order valence-corrected chi connectivity index (χ2v) is 4.49. The third-order valence-electron chi connectivity index (χ3n) is 2.84. The van der Waals surface area contributed by atoms with Gasteiger partial charge in [0.1, 0.15) is 6.10 Å². The molecule has 0 fully saturated rings. The molecule has 0 radical (unpaired) electrons. The normalized spacial score (nSPS) is 18.1. The third-order valence-corrected chi connectivity index (χ3v) is 2.84. The van der Waals surface area contributed by atoms with Crippen molar-refractivity contribution in [2.75, 3.05) is 6.54 Å². The van der Waals surface area contributed by atoms with E-state index in [9.17, 15) is 4.79 Å². The molecule has 4 heteroatoms. The predicted octanol–water partition coefficient (Wildman–Crippen LogP) is 2.34. The van der Waals surface area contributed by atoms with Crippen LogP contribution >= 0.6 is 0 Å². The number of oxime groups is 1. The summed E-state index contributed by atoms with van der Waals surface area (Å²) >= 11 is 0. The van der Waals surface area contributed by atoms with Crippen molar-refractivity contribution in [2.24, 2.45) is 5.16 Å². The molecule has 1 heterocycles. The fourth-order valence-corrected chi connectivity index (χ4v) is 1.83. The van der Waals surface area contributed by atoms with E-state index < -0.39 is 0 Å². The zero-order valence-corrected chi connectivity index (χ0v) is 10.8. The molecule has 1 aromatic carbocycles. The number of hydrogen-bond acceptors (Lipinski definition) is 3. The highest BCUT2D eigenvalue weighted by atomic mass is 16.6. The Morgan fingerprint density at radius 2 is 2.17 bits per heavy atom. The predicted molar refractivity (Wildman–Crippen MR) is 70.8 cm³/mol. The van der Waals surface area contributed by atoms with Gasteiger partial charge in [0.15, 0.2) is 0 Å². The fraction of sp³-hybridized carbons (Fsp3) is 0.429. The highest BCUT2D eigenvalue weighted by molar-refractivity contribution is 6.02. The van der Waals surface area contributed by atoms with Gasteiger partial charge >= 0.3 is 0 Å². The van der Waals surface area contributed by atoms with Crippen molar-refractivity contribution in [1.82, 2.24) is 5.32 Å². The van der Waals surface area contributed by atoms with E-state index in [4.69, 9.17) is 4.84 Å². The number of carbonyl (C=O) groups is 1. The number of nitrogens with zero attached hydrogens (tertiary/aromatic N) is 1. The summed E-state index contributed by atoms with van der Waals surface area (Å²) in [6, 6.07) is 7.49. The average Bonchev–Trinajstić information content (AvgIpc) is 2.83. The monoisotopic (exact) mass is 246 g/mol. The molecule has 1 aliphatic heterocycles. The van der Waals surface area contributed by atoms with Gasteiger partial charge in [-0.3, -0.25) is 4.79 Å². The van der Waals surface area contributed by atoms with Crippen LogP contribution in [0.3, 0.4) is 0 Å². The first-order valence-electron chi connectivity index (χ1n) is 6.32. The highest BCUT2D eigenvalue weighted by Gasteiger charge is 2.17. The molecule has 1 N–H and O–H groups in total. The molecule has 96 valence electrons. The van der Waals surface area contributed by atoms with Gasteiger partial charge in [-0.2, -0.15) is 0 Å². The van der Waals surface area contributed by atoms with Crippen LogP contribution < -0.4 is 5.32 Å². The Kier molecular flexibility index (Phi) is 3.97. The van der Waals surface area contributed by atoms with Crippen LogP contribution in [0.1, 0.15) is 42.6 Å². The SMILES string of the molecule is CCCNC(=O)c1ccc(C2=NOC(C)C2)cc1. The Morgan fingerprint density at radius 3 is 2.72 bits per heavy atom. The Balaban J connectivity index is 2.04. The zero-order chi connectivity index (χ0) is 13.0. The van der Waals surface area contributed by atoms with Crippen molar-refractivity contribution in [3.63, 3.8) is 0 Å². The van der Waals surface area contributed by atoms with Gasteiger partial charge in [0.2, 0.25) is 0 Å². The summed E-state index contributed by atoms with van der Waals surface area (Å²) in [5, 5.41) is 6.88. The molecule has 2 rings (SSSR count). The van der Waals surface area contributed by atoms with Gasteiger partial charge in [0, 0.05) is 18.5 Å². The molecule has 0 saturated heterocycles. The molecule has 0 aromatic heterocycles. The van der Waals surface area contributed by atoms with E-state index in [2.05, 4.69) is 10.5 Å². The summed E-state index contributed by atoms with van der Waals surface area (Å²) < 4.78 is 0. The Bertz CT molecular complexity index is 451. The van der Waals surface area contributed by atoms with Crippen LogP contribution in [0.2, 0.25) is 0 Å². The number of carbonyl (C=O) groups excluding carboxylic acids is 1. The van der Waals surface area contributed by atoms with Gasteiger partial charge in [-0.05, 0) is 31.0 Å². The summed E-state index contributed by atoms with van der Waals surface area (Å²) in [6.45, 7) is 4.73. The molecular formula is C14H18N2O2. The number of benzene rings is 1. The van der Waals surface area contributed by atoms with Gasteiger partial charge in [0.05, 0.1) is 5.71 Å². The van der Waals surface area contributed by atoms with E-state index in [1.807, 2.05) is 38.1 Å². The van der Waals surface area contributed by atoms with Crippen LogP contribution in [0.15, 0.2) is 29.4 Å². The molecule has 0 bridgehead atoms. The molecule has 18 heavy (non-hydrogen) atoms. The van der Waals surface area contributed by atoms with Crippen molar-refractivity contribution < 1.29 is 9.63 Å². The lowest BCUT2D eigenvalue weighted by molar-refractivity contribution is 0.0953. The highest BCUT2D eigenvalue weighted by Crippen LogP contribution is 2.16. The summed E-state index contributed by atoms with van der Waals surface area (Å²) in [6.07, 6.45) is 1.91. The minimum atomic E-state index is -0.0265. The lowest BCUT2D eigenvalue weighted by Crippen LogP contribution is -2.23. The first-order chi connectivity index (χ1) is 8.70. The van der Waals surface area contributed by atoms with Crippen molar-refractivity contribution in [1.29, 1.82) is 0 Å². The maximum absolute atomic E-state index is 11.7. The topological polar surface area (TPSA) is 50.7 Å². The van der Waals surface area contributed by atoms with Crippen molar-refractivity contribution in [2.45, 2.75) is 32.8 Å². The minimum absolute atomic E-state index is 0.0265. The van der Waals surface area contributed by atoms with E-state index in [0.717, 1.165) is 24.1 Å². The molecule has 1 unspecified atom stereocenters. The van der Waals surface area contributed by atoms with Gasteiger partial charge in [-0.1, -0.05) is 24.2 Å². The Morgan fingerprint density at radius 1 is 1.44 bits per heavy atom. The molecule has 0 spiro atoms. The lowest BCUT2D eigenvalue weighted by atomic mass is 10.0. The standard InChI is InChI=1S/C14H18N2O2/c1-3-8-15-14(17)12-6-4-11(5-7-12)13-9-10(2)18-16-13/h4-7,10H,3,8-9H2,1-2H3,(H,15,17). The van der Waals surface area contributed by atoms with Crippen LogP contribution in [-0.4, -0.2) is 24.3 Å². The Hall–Kier alpha value is -1.84. The first kappa shape index (κ1) is 12.6. The summed E-state index contributed by atoms with van der Waals surface area (Å²) in [5.74, 6) is -0.0265. The maximum Gasteiger partial charge on any atom is 0.251 e. The molecule has 4 nitrogen and oxygen atoms in total. The van der Waals surface area contributed by atoms with Gasteiger partial charge in [-0.25, -0.2) is 0 Å². The van der Waals surface area contributed by atoms with Gasteiger partial charge in [-0.15, -0.1) is 0 Å².